The third-order valence-corrected chi connectivity index (χ3v) is 3.26. The average Bonchev–Trinajstić information content (AvgIpc) is 2.64. The van der Waals surface area contributed by atoms with Crippen LogP contribution < -0.4 is 10.5 Å². The monoisotopic (exact) mass is 298 g/mol. The zero-order valence-corrected chi connectivity index (χ0v) is 11.6. The highest BCUT2D eigenvalue weighted by Crippen LogP contribution is 2.12. The normalized spacial score (nSPS) is 11.7. The van der Waals surface area contributed by atoms with Crippen molar-refractivity contribution in [2.75, 3.05) is 6.26 Å². The second-order valence-electron chi connectivity index (χ2n) is 4.39. The lowest BCUT2D eigenvalue weighted by Gasteiger charge is -2.03. The zero-order chi connectivity index (χ0) is 14.8. The predicted molar refractivity (Wildman–Crippen MR) is 72.7 cm³/mol. The zero-order valence-electron chi connectivity index (χ0n) is 10.8. The van der Waals surface area contributed by atoms with Crippen LogP contribution in [0.2, 0.25) is 0 Å². The molecular formula is C12H14N2O5S. The Hall–Kier alpha value is -2.09. The van der Waals surface area contributed by atoms with Crippen LogP contribution in [0.3, 0.4) is 0 Å². The van der Waals surface area contributed by atoms with E-state index in [1.807, 2.05) is 4.72 Å². The van der Waals surface area contributed by atoms with Gasteiger partial charge in [0.1, 0.15) is 0 Å². The van der Waals surface area contributed by atoms with Gasteiger partial charge in [0.15, 0.2) is 5.58 Å². The van der Waals surface area contributed by atoms with Crippen LogP contribution in [-0.2, 0) is 21.4 Å². The van der Waals surface area contributed by atoms with Gasteiger partial charge in [-0.15, -0.1) is 0 Å². The fourth-order valence-electron chi connectivity index (χ4n) is 1.88. The Bertz CT molecular complexity index is 788. The number of rotatable bonds is 5. The van der Waals surface area contributed by atoms with E-state index in [1.165, 1.54) is 4.57 Å². The molecule has 0 aliphatic carbocycles. The van der Waals surface area contributed by atoms with Gasteiger partial charge in [-0.3, -0.25) is 14.1 Å². The van der Waals surface area contributed by atoms with Crippen LogP contribution in [-0.4, -0.2) is 25.1 Å². The molecule has 7 nitrogen and oxygen atoms in total. The molecule has 2 rings (SSSR count). The Kier molecular flexibility index (Phi) is 3.93. The lowest BCUT2D eigenvalue weighted by Crippen LogP contribution is -2.29. The molecule has 8 heteroatoms. The van der Waals surface area contributed by atoms with Crippen molar-refractivity contribution in [3.8, 4) is 0 Å². The molecule has 1 aromatic carbocycles. The first-order valence-corrected chi connectivity index (χ1v) is 7.85. The molecule has 0 bridgehead atoms. The first kappa shape index (κ1) is 14.3. The number of carbonyl (C=O) groups excluding carboxylic acids is 1. The van der Waals surface area contributed by atoms with E-state index in [-0.39, 0.29) is 13.0 Å². The van der Waals surface area contributed by atoms with Gasteiger partial charge in [0.25, 0.3) is 0 Å². The van der Waals surface area contributed by atoms with E-state index in [0.717, 1.165) is 6.26 Å². The molecule has 0 atom stereocenters. The topological polar surface area (TPSA) is 98.4 Å². The second-order valence-corrected chi connectivity index (χ2v) is 6.14. The van der Waals surface area contributed by atoms with Crippen molar-refractivity contribution < 1.29 is 17.6 Å². The van der Waals surface area contributed by atoms with Gasteiger partial charge in [0, 0.05) is 13.0 Å². The van der Waals surface area contributed by atoms with Gasteiger partial charge in [0.2, 0.25) is 15.9 Å². The second kappa shape index (κ2) is 5.49. The number of oxazole rings is 1. The van der Waals surface area contributed by atoms with Gasteiger partial charge in [-0.1, -0.05) is 12.1 Å². The number of hydrogen-bond donors (Lipinski definition) is 1. The number of fused-ring (bicyclic) bond motifs is 1. The molecule has 0 radical (unpaired) electrons. The lowest BCUT2D eigenvalue weighted by molar-refractivity contribution is -0.119. The number of nitrogens with one attached hydrogen (secondary N) is 1. The molecule has 0 unspecified atom stereocenters. The van der Waals surface area contributed by atoms with Crippen LogP contribution >= 0.6 is 0 Å². The number of sulfonamides is 1. The molecule has 20 heavy (non-hydrogen) atoms. The fourth-order valence-corrected chi connectivity index (χ4v) is 2.40. The van der Waals surface area contributed by atoms with Crippen molar-refractivity contribution in [3.63, 3.8) is 0 Å². The Labute approximate surface area is 115 Å². The van der Waals surface area contributed by atoms with E-state index in [0.29, 0.717) is 17.5 Å². The van der Waals surface area contributed by atoms with Crippen molar-refractivity contribution in [1.82, 2.24) is 9.29 Å². The summed E-state index contributed by atoms with van der Waals surface area (Å²) in [4.78, 5) is 23.0. The summed E-state index contributed by atoms with van der Waals surface area (Å²) in [6.45, 7) is 0.285. The largest absolute Gasteiger partial charge is 0.419 e. The average molecular weight is 298 g/mol. The molecule has 0 saturated heterocycles. The van der Waals surface area contributed by atoms with E-state index < -0.39 is 21.7 Å². The van der Waals surface area contributed by atoms with E-state index in [9.17, 15) is 18.0 Å². The summed E-state index contributed by atoms with van der Waals surface area (Å²) >= 11 is 0. The quantitative estimate of drug-likeness (QED) is 0.864. The smallest absolute Gasteiger partial charge is 0.408 e. The Morgan fingerprint density at radius 1 is 1.35 bits per heavy atom. The van der Waals surface area contributed by atoms with Crippen molar-refractivity contribution in [2.45, 2.75) is 19.4 Å². The first-order valence-electron chi connectivity index (χ1n) is 5.96. The standard InChI is InChI=1S/C12H14N2O5S/c1-20(17,18)13-11(15)7-4-8-14-9-5-2-3-6-10(9)19-12(14)16/h2-3,5-6H,4,7-8H2,1H3,(H,13,15). The molecule has 2 aromatic rings. The number of hydrogen-bond acceptors (Lipinski definition) is 5. The van der Waals surface area contributed by atoms with Gasteiger partial charge in [-0.25, -0.2) is 13.2 Å². The van der Waals surface area contributed by atoms with E-state index in [4.69, 9.17) is 4.42 Å². The Balaban J connectivity index is 2.02. The SMILES string of the molecule is CS(=O)(=O)NC(=O)CCCn1c(=O)oc2ccccc21. The van der Waals surface area contributed by atoms with E-state index >= 15 is 0 Å². The summed E-state index contributed by atoms with van der Waals surface area (Å²) in [5.74, 6) is -1.08. The highest BCUT2D eigenvalue weighted by atomic mass is 32.2. The molecule has 1 heterocycles. The number of aryl methyl sites for hydroxylation is 1. The van der Waals surface area contributed by atoms with Crippen LogP contribution in [0.15, 0.2) is 33.5 Å². The minimum Gasteiger partial charge on any atom is -0.408 e. The molecule has 108 valence electrons. The number of carbonyl (C=O) groups is 1. The van der Waals surface area contributed by atoms with E-state index in [2.05, 4.69) is 0 Å². The molecule has 0 saturated carbocycles. The summed E-state index contributed by atoms with van der Waals surface area (Å²) in [7, 11) is -3.54. The number of amides is 1. The molecule has 0 fully saturated rings. The molecule has 0 aliphatic rings. The summed E-state index contributed by atoms with van der Waals surface area (Å²) < 4.78 is 30.1. The number of aromatic nitrogens is 1. The minimum atomic E-state index is -3.54. The Morgan fingerprint density at radius 3 is 2.75 bits per heavy atom. The molecule has 1 N–H and O–H groups in total. The summed E-state index contributed by atoms with van der Waals surface area (Å²) in [6.07, 6.45) is 1.27. The highest BCUT2D eigenvalue weighted by molar-refractivity contribution is 7.89. The molecule has 1 amide bonds. The van der Waals surface area contributed by atoms with Crippen LogP contribution in [0.4, 0.5) is 0 Å². The van der Waals surface area contributed by atoms with Gasteiger partial charge in [0.05, 0.1) is 11.8 Å². The predicted octanol–water partition coefficient (Wildman–Crippen LogP) is 0.450. The van der Waals surface area contributed by atoms with Crippen LogP contribution in [0, 0.1) is 0 Å². The van der Waals surface area contributed by atoms with Gasteiger partial charge in [-0.05, 0) is 18.6 Å². The molecule has 0 aliphatic heterocycles. The summed E-state index contributed by atoms with van der Waals surface area (Å²) in [5.41, 5.74) is 1.14. The van der Waals surface area contributed by atoms with Crippen molar-refractivity contribution >= 4 is 27.0 Å². The third kappa shape index (κ3) is 3.47. The number of para-hydroxylation sites is 2. The Morgan fingerprint density at radius 2 is 2.05 bits per heavy atom. The van der Waals surface area contributed by atoms with Crippen molar-refractivity contribution in [3.05, 3.63) is 34.8 Å². The first-order chi connectivity index (χ1) is 9.37. The van der Waals surface area contributed by atoms with Gasteiger partial charge >= 0.3 is 5.76 Å². The number of benzene rings is 1. The molecule has 1 aromatic heterocycles. The maximum atomic E-state index is 11.6. The number of nitrogens with zero attached hydrogens (tertiary/aromatic N) is 1. The molecule has 0 spiro atoms. The minimum absolute atomic E-state index is 0.0129. The van der Waals surface area contributed by atoms with Crippen LogP contribution in [0.5, 0.6) is 0 Å². The van der Waals surface area contributed by atoms with Crippen molar-refractivity contribution in [1.29, 1.82) is 0 Å². The summed E-state index contributed by atoms with van der Waals surface area (Å²) in [6, 6.07) is 6.97. The maximum absolute atomic E-state index is 11.6. The van der Waals surface area contributed by atoms with Gasteiger partial charge < -0.3 is 4.42 Å². The summed E-state index contributed by atoms with van der Waals surface area (Å²) in [5, 5.41) is 0. The van der Waals surface area contributed by atoms with E-state index in [1.54, 1.807) is 24.3 Å². The van der Waals surface area contributed by atoms with Gasteiger partial charge in [-0.2, -0.15) is 0 Å². The van der Waals surface area contributed by atoms with Crippen LogP contribution in [0.25, 0.3) is 11.1 Å². The highest BCUT2D eigenvalue weighted by Gasteiger charge is 2.11. The molecular weight excluding hydrogens is 284 g/mol. The van der Waals surface area contributed by atoms with Crippen LogP contribution in [0.1, 0.15) is 12.8 Å². The third-order valence-electron chi connectivity index (χ3n) is 2.66. The maximum Gasteiger partial charge on any atom is 0.419 e. The van der Waals surface area contributed by atoms with Crippen molar-refractivity contribution in [2.24, 2.45) is 0 Å². The lowest BCUT2D eigenvalue weighted by atomic mass is 10.3. The fraction of sp³-hybridized carbons (Fsp3) is 0.333.